The average molecular weight is 343 g/mol. The molecule has 0 aromatic carbocycles. The van der Waals surface area contributed by atoms with Gasteiger partial charge < -0.3 is 18.6 Å². The monoisotopic (exact) mass is 342 g/mol. The van der Waals surface area contributed by atoms with Crippen LogP contribution in [0.5, 0.6) is 6.01 Å². The molecule has 0 saturated carbocycles. The van der Waals surface area contributed by atoms with Crippen LogP contribution in [-0.4, -0.2) is 51.8 Å². The number of hydrogen-bond acceptors (Lipinski definition) is 6. The molecule has 0 aliphatic heterocycles. The van der Waals surface area contributed by atoms with Crippen LogP contribution in [0.15, 0.2) is 12.3 Å². The first kappa shape index (κ1) is 20.0. The molecule has 0 aliphatic rings. The minimum atomic E-state index is -1.80. The first-order valence-corrected chi connectivity index (χ1v) is 10.7. The summed E-state index contributed by atoms with van der Waals surface area (Å²) in [7, 11) is 1.44. The summed E-state index contributed by atoms with van der Waals surface area (Å²) in [5, 5.41) is 0.168. The smallest absolute Gasteiger partial charge is 0.317 e. The van der Waals surface area contributed by atoms with Crippen molar-refractivity contribution in [2.45, 2.75) is 51.6 Å². The second kappa shape index (κ2) is 8.72. The number of hydrogen-bond donors (Lipinski definition) is 0. The highest BCUT2D eigenvalue weighted by atomic mass is 28.4. The lowest BCUT2D eigenvalue weighted by Gasteiger charge is -2.36. The zero-order valence-corrected chi connectivity index (χ0v) is 16.4. The second-order valence-corrected chi connectivity index (χ2v) is 11.8. The third kappa shape index (κ3) is 6.54. The molecule has 7 heteroatoms. The van der Waals surface area contributed by atoms with Crippen LogP contribution in [0.2, 0.25) is 18.1 Å². The number of ether oxygens (including phenoxy) is 3. The van der Waals surface area contributed by atoms with Crippen LogP contribution in [-0.2, 0) is 20.5 Å². The Balaban J connectivity index is 2.69. The molecular weight excluding hydrogens is 312 g/mol. The Morgan fingerprint density at radius 1 is 1.13 bits per heavy atom. The van der Waals surface area contributed by atoms with Gasteiger partial charge in [0.25, 0.3) is 0 Å². The molecule has 0 amide bonds. The largest absolute Gasteiger partial charge is 0.455 e. The minimum absolute atomic E-state index is 0.168. The third-order valence-electron chi connectivity index (χ3n) is 4.06. The molecule has 0 atom stereocenters. The van der Waals surface area contributed by atoms with Gasteiger partial charge in [-0.05, 0) is 24.2 Å². The van der Waals surface area contributed by atoms with Gasteiger partial charge in [0.15, 0.2) is 8.32 Å². The molecule has 0 unspecified atom stereocenters. The average Bonchev–Trinajstić information content (AvgIpc) is 2.45. The fourth-order valence-electron chi connectivity index (χ4n) is 1.62. The summed E-state index contributed by atoms with van der Waals surface area (Å²) in [4.78, 5) is 8.56. The Morgan fingerprint density at radius 2 is 1.74 bits per heavy atom. The van der Waals surface area contributed by atoms with E-state index in [-0.39, 0.29) is 11.1 Å². The van der Waals surface area contributed by atoms with E-state index in [2.05, 4.69) is 43.8 Å². The molecule has 0 saturated heterocycles. The topological polar surface area (TPSA) is 62.7 Å². The maximum atomic E-state index is 6.18. The molecule has 1 heterocycles. The molecule has 0 fully saturated rings. The Hall–Kier alpha value is -1.02. The van der Waals surface area contributed by atoms with Crippen LogP contribution in [0.1, 0.15) is 26.5 Å². The summed E-state index contributed by atoms with van der Waals surface area (Å²) in [6.45, 7) is 12.4. The second-order valence-electron chi connectivity index (χ2n) is 7.03. The number of methoxy groups -OCH3 is 2. The van der Waals surface area contributed by atoms with E-state index >= 15 is 0 Å². The Morgan fingerprint density at radius 3 is 2.26 bits per heavy atom. The molecule has 23 heavy (non-hydrogen) atoms. The van der Waals surface area contributed by atoms with E-state index in [1.165, 1.54) is 0 Å². The highest BCUT2D eigenvalue weighted by Gasteiger charge is 2.37. The van der Waals surface area contributed by atoms with Crippen molar-refractivity contribution in [3.63, 3.8) is 0 Å². The molecule has 1 rings (SSSR count). The number of aromatic nitrogens is 2. The van der Waals surface area contributed by atoms with Crippen LogP contribution in [0.3, 0.4) is 0 Å². The summed E-state index contributed by atoms with van der Waals surface area (Å²) in [6.07, 6.45) is 1.45. The highest BCUT2D eigenvalue weighted by Crippen LogP contribution is 2.36. The van der Waals surface area contributed by atoms with E-state index in [4.69, 9.17) is 18.6 Å². The van der Waals surface area contributed by atoms with E-state index in [0.29, 0.717) is 25.8 Å². The van der Waals surface area contributed by atoms with Crippen molar-refractivity contribution >= 4 is 8.32 Å². The fraction of sp³-hybridized carbons (Fsp3) is 0.750. The van der Waals surface area contributed by atoms with Gasteiger partial charge in [0.05, 0.1) is 25.5 Å². The standard InChI is InChI=1S/C16H30N2O4Si/c1-16(2,3)23(6,7)21-10-13-8-9-17-15(18-13)22-14(11-19-4)12-20-5/h8-9,14H,10-12H2,1-7H3. The van der Waals surface area contributed by atoms with Gasteiger partial charge in [0, 0.05) is 20.4 Å². The Labute approximate surface area is 140 Å². The fourth-order valence-corrected chi connectivity index (χ4v) is 2.56. The van der Waals surface area contributed by atoms with E-state index in [1.807, 2.05) is 6.07 Å². The van der Waals surface area contributed by atoms with Crippen LogP contribution >= 0.6 is 0 Å². The van der Waals surface area contributed by atoms with Crippen molar-refractivity contribution < 1.29 is 18.6 Å². The van der Waals surface area contributed by atoms with Crippen molar-refractivity contribution in [1.82, 2.24) is 9.97 Å². The number of rotatable bonds is 9. The van der Waals surface area contributed by atoms with Gasteiger partial charge in [-0.25, -0.2) is 4.98 Å². The molecule has 0 bridgehead atoms. The van der Waals surface area contributed by atoms with Crippen molar-refractivity contribution in [2.24, 2.45) is 0 Å². The van der Waals surface area contributed by atoms with Crippen LogP contribution in [0.4, 0.5) is 0 Å². The predicted octanol–water partition coefficient (Wildman–Crippen LogP) is 3.04. The summed E-state index contributed by atoms with van der Waals surface area (Å²) >= 11 is 0. The molecule has 0 spiro atoms. The van der Waals surface area contributed by atoms with E-state index in [0.717, 1.165) is 5.69 Å². The Bertz CT molecular complexity index is 471. The molecule has 1 aromatic heterocycles. The lowest BCUT2D eigenvalue weighted by atomic mass is 10.2. The van der Waals surface area contributed by atoms with E-state index < -0.39 is 8.32 Å². The van der Waals surface area contributed by atoms with Crippen molar-refractivity contribution in [2.75, 3.05) is 27.4 Å². The summed E-state index contributed by atoms with van der Waals surface area (Å²) in [5.74, 6) is 0. The van der Waals surface area contributed by atoms with Crippen molar-refractivity contribution in [1.29, 1.82) is 0 Å². The van der Waals surface area contributed by atoms with Crippen molar-refractivity contribution in [3.8, 4) is 6.01 Å². The van der Waals surface area contributed by atoms with E-state index in [1.54, 1.807) is 20.4 Å². The summed E-state index contributed by atoms with van der Waals surface area (Å²) < 4.78 is 22.1. The molecular formula is C16H30N2O4Si. The maximum Gasteiger partial charge on any atom is 0.317 e. The number of nitrogens with zero attached hydrogens (tertiary/aromatic N) is 2. The van der Waals surface area contributed by atoms with Crippen molar-refractivity contribution in [3.05, 3.63) is 18.0 Å². The molecule has 0 N–H and O–H groups in total. The highest BCUT2D eigenvalue weighted by molar-refractivity contribution is 6.74. The van der Waals surface area contributed by atoms with Gasteiger partial charge in [0.2, 0.25) is 0 Å². The van der Waals surface area contributed by atoms with Crippen LogP contribution in [0.25, 0.3) is 0 Å². The summed E-state index contributed by atoms with van der Waals surface area (Å²) in [6, 6.07) is 2.17. The Kier molecular flexibility index (Phi) is 7.59. The predicted molar refractivity (Wildman–Crippen MR) is 92.2 cm³/mol. The first-order chi connectivity index (χ1) is 10.7. The SMILES string of the molecule is COCC(COC)Oc1nccc(CO[Si](C)(C)C(C)(C)C)n1. The zero-order valence-electron chi connectivity index (χ0n) is 15.4. The molecule has 132 valence electrons. The normalized spacial score (nSPS) is 12.7. The van der Waals surface area contributed by atoms with E-state index in [9.17, 15) is 0 Å². The third-order valence-corrected chi connectivity index (χ3v) is 8.53. The van der Waals surface area contributed by atoms with Gasteiger partial charge >= 0.3 is 6.01 Å². The first-order valence-electron chi connectivity index (χ1n) is 7.80. The van der Waals surface area contributed by atoms with Crippen LogP contribution in [0, 0.1) is 0 Å². The van der Waals surface area contributed by atoms with Gasteiger partial charge in [-0.15, -0.1) is 0 Å². The molecule has 0 radical (unpaired) electrons. The van der Waals surface area contributed by atoms with Gasteiger partial charge in [-0.3, -0.25) is 0 Å². The van der Waals surface area contributed by atoms with Gasteiger partial charge in [-0.1, -0.05) is 20.8 Å². The molecule has 6 nitrogen and oxygen atoms in total. The minimum Gasteiger partial charge on any atom is -0.455 e. The zero-order chi connectivity index (χ0) is 17.5. The van der Waals surface area contributed by atoms with Gasteiger partial charge in [-0.2, -0.15) is 4.98 Å². The molecule has 0 aliphatic carbocycles. The van der Waals surface area contributed by atoms with Crippen LogP contribution < -0.4 is 4.74 Å². The van der Waals surface area contributed by atoms with Gasteiger partial charge in [0.1, 0.15) is 6.10 Å². The molecule has 1 aromatic rings. The quantitative estimate of drug-likeness (QED) is 0.643. The summed E-state index contributed by atoms with van der Waals surface area (Å²) in [5.41, 5.74) is 0.813. The lowest BCUT2D eigenvalue weighted by molar-refractivity contribution is 0.0193. The lowest BCUT2D eigenvalue weighted by Crippen LogP contribution is -2.40. The maximum absolute atomic E-state index is 6.18.